The van der Waals surface area contributed by atoms with Crippen molar-refractivity contribution >= 4 is 51.3 Å². The highest BCUT2D eigenvalue weighted by molar-refractivity contribution is 14.0. The van der Waals surface area contributed by atoms with E-state index in [0.717, 1.165) is 17.1 Å². The van der Waals surface area contributed by atoms with Crippen molar-refractivity contribution in [3.8, 4) is 0 Å². The maximum Gasteiger partial charge on any atom is 0.241 e. The van der Waals surface area contributed by atoms with E-state index in [1.165, 1.54) is 4.88 Å². The Balaban J connectivity index is 0.00000450. The van der Waals surface area contributed by atoms with Crippen LogP contribution in [0.5, 0.6) is 0 Å². The number of benzene rings is 1. The van der Waals surface area contributed by atoms with Gasteiger partial charge in [0.1, 0.15) is 0 Å². The molecule has 0 radical (unpaired) electrons. The normalized spacial score (nSPS) is 12.4. The van der Waals surface area contributed by atoms with Gasteiger partial charge in [-0.25, -0.2) is 18.1 Å². The first kappa shape index (κ1) is 26.8. The summed E-state index contributed by atoms with van der Waals surface area (Å²) in [5.74, 6) is 0.617. The molecule has 30 heavy (non-hydrogen) atoms. The van der Waals surface area contributed by atoms with Crippen molar-refractivity contribution in [1.29, 1.82) is 0 Å². The Morgan fingerprint density at radius 3 is 2.40 bits per heavy atom. The third-order valence-corrected chi connectivity index (χ3v) is 7.07. The van der Waals surface area contributed by atoms with Gasteiger partial charge in [0, 0.05) is 37.0 Å². The lowest BCUT2D eigenvalue weighted by Crippen LogP contribution is -2.41. The van der Waals surface area contributed by atoms with Crippen LogP contribution < -0.4 is 15.4 Å². The first-order valence-electron chi connectivity index (χ1n) is 9.51. The van der Waals surface area contributed by atoms with Gasteiger partial charge in [0.15, 0.2) is 5.96 Å². The molecular weight excluding hydrogens is 533 g/mol. The second-order valence-electron chi connectivity index (χ2n) is 7.81. The molecule has 0 amide bonds. The molecule has 7 nitrogen and oxygen atoms in total. The number of guanidine groups is 1. The van der Waals surface area contributed by atoms with Gasteiger partial charge >= 0.3 is 0 Å². The number of hydrogen-bond donors (Lipinski definition) is 3. The number of aryl methyl sites for hydroxylation is 2. The maximum atomic E-state index is 12.8. The van der Waals surface area contributed by atoms with E-state index in [9.17, 15) is 8.42 Å². The molecule has 0 aliphatic carbocycles. The second kappa shape index (κ2) is 11.4. The third kappa shape index (κ3) is 8.12. The average Bonchev–Trinajstić information content (AvgIpc) is 2.94. The number of nitrogens with zero attached hydrogens (tertiary/aromatic N) is 2. The van der Waals surface area contributed by atoms with E-state index in [1.807, 2.05) is 33.8 Å². The number of aliphatic imine (C=N–C) groups is 1. The van der Waals surface area contributed by atoms with Gasteiger partial charge in [-0.2, -0.15) is 0 Å². The topological polar surface area (TPSA) is 95.5 Å². The zero-order chi connectivity index (χ0) is 21.7. The van der Waals surface area contributed by atoms with Crippen LogP contribution in [0.15, 0.2) is 34.2 Å². The Kier molecular flexibility index (Phi) is 10.2. The van der Waals surface area contributed by atoms with Crippen molar-refractivity contribution in [2.75, 3.05) is 13.6 Å². The van der Waals surface area contributed by atoms with Crippen LogP contribution in [0.4, 0.5) is 0 Å². The smallest absolute Gasteiger partial charge is 0.241 e. The molecule has 0 atom stereocenters. The van der Waals surface area contributed by atoms with Gasteiger partial charge in [0.25, 0.3) is 0 Å². The van der Waals surface area contributed by atoms with E-state index >= 15 is 0 Å². The van der Waals surface area contributed by atoms with Crippen molar-refractivity contribution in [3.05, 3.63) is 45.4 Å². The summed E-state index contributed by atoms with van der Waals surface area (Å²) in [6.45, 7) is 10.6. The zero-order valence-corrected chi connectivity index (χ0v) is 22.3. The molecule has 1 heterocycles. The van der Waals surface area contributed by atoms with Crippen molar-refractivity contribution in [2.24, 2.45) is 4.99 Å². The van der Waals surface area contributed by atoms with Crippen LogP contribution >= 0.6 is 35.3 Å². The highest BCUT2D eigenvalue weighted by Crippen LogP contribution is 2.18. The van der Waals surface area contributed by atoms with Gasteiger partial charge in [0.05, 0.1) is 15.6 Å². The molecule has 2 aromatic rings. The molecule has 1 aromatic carbocycles. The van der Waals surface area contributed by atoms with Gasteiger partial charge in [0.2, 0.25) is 10.0 Å². The predicted octanol–water partition coefficient (Wildman–Crippen LogP) is 3.36. The largest absolute Gasteiger partial charge is 0.356 e. The van der Waals surface area contributed by atoms with Crippen LogP contribution in [0.1, 0.15) is 41.9 Å². The molecule has 10 heteroatoms. The van der Waals surface area contributed by atoms with Crippen LogP contribution in [0.2, 0.25) is 0 Å². The van der Waals surface area contributed by atoms with Gasteiger partial charge in [-0.1, -0.05) is 18.2 Å². The summed E-state index contributed by atoms with van der Waals surface area (Å²) in [5.41, 5.74) is 1.20. The van der Waals surface area contributed by atoms with E-state index in [2.05, 4.69) is 32.3 Å². The summed E-state index contributed by atoms with van der Waals surface area (Å²) in [6, 6.07) is 6.98. The van der Waals surface area contributed by atoms with Gasteiger partial charge in [-0.3, -0.25) is 4.99 Å². The summed E-state index contributed by atoms with van der Waals surface area (Å²) >= 11 is 1.71. The van der Waals surface area contributed by atoms with Gasteiger partial charge in [-0.15, -0.1) is 35.3 Å². The van der Waals surface area contributed by atoms with Gasteiger partial charge in [-0.05, 0) is 46.2 Å². The van der Waals surface area contributed by atoms with Crippen LogP contribution in [0.25, 0.3) is 0 Å². The fraction of sp³-hybridized carbons (Fsp3) is 0.500. The lowest BCUT2D eigenvalue weighted by atomic mass is 10.1. The maximum absolute atomic E-state index is 12.8. The summed E-state index contributed by atoms with van der Waals surface area (Å²) in [4.78, 5) is 10.3. The number of sulfonamides is 1. The predicted molar refractivity (Wildman–Crippen MR) is 135 cm³/mol. The van der Waals surface area contributed by atoms with E-state index < -0.39 is 15.6 Å². The summed E-state index contributed by atoms with van der Waals surface area (Å²) in [5, 5.41) is 7.54. The number of aromatic nitrogens is 1. The van der Waals surface area contributed by atoms with Crippen LogP contribution in [-0.4, -0.2) is 38.5 Å². The number of hydrogen-bond acceptors (Lipinski definition) is 5. The van der Waals surface area contributed by atoms with E-state index in [4.69, 9.17) is 0 Å². The molecule has 168 valence electrons. The number of halogens is 1. The van der Waals surface area contributed by atoms with E-state index in [1.54, 1.807) is 36.6 Å². The lowest BCUT2D eigenvalue weighted by molar-refractivity contribution is 0.491. The third-order valence-electron chi connectivity index (χ3n) is 4.08. The molecule has 0 aliphatic heterocycles. The Hall–Kier alpha value is -1.24. The lowest BCUT2D eigenvalue weighted by Gasteiger charge is -2.22. The summed E-state index contributed by atoms with van der Waals surface area (Å²) < 4.78 is 28.2. The molecule has 0 aliphatic rings. The van der Waals surface area contributed by atoms with Crippen molar-refractivity contribution in [2.45, 2.75) is 58.0 Å². The summed E-state index contributed by atoms with van der Waals surface area (Å²) in [7, 11) is -1.92. The van der Waals surface area contributed by atoms with Crippen molar-refractivity contribution in [3.63, 3.8) is 0 Å². The van der Waals surface area contributed by atoms with Crippen molar-refractivity contribution < 1.29 is 8.42 Å². The number of thiazole rings is 1. The molecule has 0 bridgehead atoms. The zero-order valence-electron chi connectivity index (χ0n) is 18.4. The standard InChI is InChI=1S/C20H31N5O2S2.HI/c1-14-15(2)28-18(24-14)11-12-22-19(21-6)23-13-16-9-7-8-10-17(16)29(26,27)25-20(3,4)5;/h7-10,25H,11-13H2,1-6H3,(H2,21,22,23);1H. The highest BCUT2D eigenvalue weighted by atomic mass is 127. The SMILES string of the molecule is CN=C(NCCc1nc(C)c(C)s1)NCc1ccccc1S(=O)(=O)NC(C)(C)C.I. The minimum Gasteiger partial charge on any atom is -0.356 e. The minimum atomic E-state index is -3.62. The van der Waals surface area contributed by atoms with Crippen LogP contribution in [0.3, 0.4) is 0 Å². The Bertz CT molecular complexity index is 946. The molecule has 0 saturated heterocycles. The first-order valence-corrected chi connectivity index (χ1v) is 11.8. The molecule has 0 spiro atoms. The molecule has 2 rings (SSSR count). The molecular formula is C20H32IN5O2S2. The minimum absolute atomic E-state index is 0. The fourth-order valence-electron chi connectivity index (χ4n) is 2.70. The fourth-order valence-corrected chi connectivity index (χ4v) is 5.30. The van der Waals surface area contributed by atoms with Crippen LogP contribution in [-0.2, 0) is 23.0 Å². The second-order valence-corrected chi connectivity index (χ2v) is 10.8. The molecule has 0 unspecified atom stereocenters. The highest BCUT2D eigenvalue weighted by Gasteiger charge is 2.24. The molecule has 1 aromatic heterocycles. The monoisotopic (exact) mass is 565 g/mol. The first-order chi connectivity index (χ1) is 13.5. The van der Waals surface area contributed by atoms with E-state index in [-0.39, 0.29) is 28.9 Å². The Labute approximate surface area is 201 Å². The number of nitrogens with one attached hydrogen (secondary N) is 3. The van der Waals surface area contributed by atoms with Crippen molar-refractivity contribution in [1.82, 2.24) is 20.3 Å². The number of rotatable bonds is 7. The van der Waals surface area contributed by atoms with Crippen LogP contribution in [0, 0.1) is 13.8 Å². The Morgan fingerprint density at radius 2 is 1.83 bits per heavy atom. The summed E-state index contributed by atoms with van der Waals surface area (Å²) in [6.07, 6.45) is 0.806. The molecule has 0 saturated carbocycles. The van der Waals surface area contributed by atoms with Gasteiger partial charge < -0.3 is 10.6 Å². The quantitative estimate of drug-likeness (QED) is 0.272. The average molecular weight is 566 g/mol. The molecule has 3 N–H and O–H groups in total. The Morgan fingerprint density at radius 1 is 1.17 bits per heavy atom. The molecule has 0 fully saturated rings. The van der Waals surface area contributed by atoms with E-state index in [0.29, 0.717) is 24.6 Å².